The van der Waals surface area contributed by atoms with E-state index < -0.39 is 0 Å². The second kappa shape index (κ2) is 12.1. The minimum Gasteiger partial charge on any atom is -0.455 e. The average molecular weight is 691 g/mol. The fourth-order valence-electron chi connectivity index (χ4n) is 7.85. The van der Waals surface area contributed by atoms with Crippen LogP contribution in [-0.2, 0) is 0 Å². The Kier molecular flexibility index (Phi) is 6.79. The molecule has 11 rings (SSSR count). The lowest BCUT2D eigenvalue weighted by atomic mass is 10.00. The van der Waals surface area contributed by atoms with Gasteiger partial charge in [0.05, 0.1) is 16.6 Å². The van der Waals surface area contributed by atoms with Crippen LogP contribution in [-0.4, -0.2) is 19.5 Å². The van der Waals surface area contributed by atoms with Crippen molar-refractivity contribution in [1.82, 2.24) is 19.5 Å². The number of hydrogen-bond acceptors (Lipinski definition) is 4. The van der Waals surface area contributed by atoms with E-state index in [1.807, 2.05) is 60.7 Å². The molecule has 252 valence electrons. The standard InChI is InChI=1S/C49H30N4O/c1-2-13-32(14-3-1)47-50-48(52-49(51-47)42-21-11-20-41-40-19-7-9-23-45(40)54-46(41)42)36-16-10-17-37(29-36)53-43-22-8-6-18-38(43)39-27-26-35(30-44(39)53)34-25-24-31-12-4-5-15-33(31)28-34/h1-30H. The van der Waals surface area contributed by atoms with Crippen LogP contribution in [0.3, 0.4) is 0 Å². The predicted octanol–water partition coefficient (Wildman–Crippen LogP) is 12.7. The molecule has 0 aliphatic carbocycles. The van der Waals surface area contributed by atoms with Gasteiger partial charge in [0.2, 0.25) is 0 Å². The highest BCUT2D eigenvalue weighted by Gasteiger charge is 2.19. The molecule has 0 N–H and O–H groups in total. The van der Waals surface area contributed by atoms with Gasteiger partial charge in [-0.25, -0.2) is 15.0 Å². The maximum Gasteiger partial charge on any atom is 0.167 e. The van der Waals surface area contributed by atoms with Gasteiger partial charge in [-0.1, -0.05) is 140 Å². The molecule has 0 bridgehead atoms. The molecule has 0 atom stereocenters. The summed E-state index contributed by atoms with van der Waals surface area (Å²) in [6.07, 6.45) is 0. The average Bonchev–Trinajstić information content (AvgIpc) is 3.79. The third-order valence-electron chi connectivity index (χ3n) is 10.4. The van der Waals surface area contributed by atoms with Gasteiger partial charge < -0.3 is 8.98 Å². The van der Waals surface area contributed by atoms with Crippen LogP contribution >= 0.6 is 0 Å². The molecule has 0 aliphatic heterocycles. The Bertz CT molecular complexity index is 3230. The van der Waals surface area contributed by atoms with Crippen LogP contribution in [0.1, 0.15) is 0 Å². The van der Waals surface area contributed by atoms with Crippen molar-refractivity contribution in [3.8, 4) is 51.0 Å². The number of para-hydroxylation sites is 3. The van der Waals surface area contributed by atoms with Crippen LogP contribution in [0.2, 0.25) is 0 Å². The van der Waals surface area contributed by atoms with Crippen LogP contribution in [0, 0.1) is 0 Å². The van der Waals surface area contributed by atoms with Gasteiger partial charge in [-0.2, -0.15) is 0 Å². The lowest BCUT2D eigenvalue weighted by Gasteiger charge is -2.12. The van der Waals surface area contributed by atoms with Crippen LogP contribution in [0.25, 0.3) is 105 Å². The molecule has 3 aromatic heterocycles. The first-order valence-corrected chi connectivity index (χ1v) is 18.1. The smallest absolute Gasteiger partial charge is 0.167 e. The summed E-state index contributed by atoms with van der Waals surface area (Å²) < 4.78 is 8.79. The highest BCUT2D eigenvalue weighted by Crippen LogP contribution is 2.38. The Morgan fingerprint density at radius 3 is 1.93 bits per heavy atom. The highest BCUT2D eigenvalue weighted by molar-refractivity contribution is 6.11. The summed E-state index contributed by atoms with van der Waals surface area (Å²) in [6, 6.07) is 63.5. The Labute approximate surface area is 310 Å². The number of nitrogens with zero attached hydrogens (tertiary/aromatic N) is 4. The summed E-state index contributed by atoms with van der Waals surface area (Å²) in [7, 11) is 0. The Hall–Kier alpha value is -7.37. The number of fused-ring (bicyclic) bond motifs is 7. The van der Waals surface area contributed by atoms with Crippen LogP contribution in [0.15, 0.2) is 186 Å². The Morgan fingerprint density at radius 2 is 1.02 bits per heavy atom. The summed E-state index contributed by atoms with van der Waals surface area (Å²) >= 11 is 0. The van der Waals surface area contributed by atoms with Crippen molar-refractivity contribution < 1.29 is 4.42 Å². The predicted molar refractivity (Wildman–Crippen MR) is 221 cm³/mol. The number of furan rings is 1. The van der Waals surface area contributed by atoms with Crippen molar-refractivity contribution in [3.63, 3.8) is 0 Å². The first-order chi connectivity index (χ1) is 26.7. The zero-order chi connectivity index (χ0) is 35.6. The monoisotopic (exact) mass is 690 g/mol. The van der Waals surface area contributed by atoms with Crippen molar-refractivity contribution in [3.05, 3.63) is 182 Å². The summed E-state index contributed by atoms with van der Waals surface area (Å²) in [6.45, 7) is 0. The van der Waals surface area contributed by atoms with E-state index >= 15 is 0 Å². The maximum atomic E-state index is 6.44. The molecule has 0 saturated carbocycles. The molecule has 0 saturated heterocycles. The topological polar surface area (TPSA) is 56.7 Å². The van der Waals surface area contributed by atoms with E-state index in [2.05, 4.69) is 126 Å². The molecule has 3 heterocycles. The zero-order valence-corrected chi connectivity index (χ0v) is 29.0. The summed E-state index contributed by atoms with van der Waals surface area (Å²) in [5.74, 6) is 1.75. The molecule has 0 spiro atoms. The van der Waals surface area contributed by atoms with E-state index in [0.29, 0.717) is 17.5 Å². The molecule has 0 unspecified atom stereocenters. The van der Waals surface area contributed by atoms with Gasteiger partial charge in [0.15, 0.2) is 17.5 Å². The molecule has 0 fully saturated rings. The molecule has 0 amide bonds. The lowest BCUT2D eigenvalue weighted by Crippen LogP contribution is -2.01. The summed E-state index contributed by atoms with van der Waals surface area (Å²) in [5, 5.41) is 6.97. The lowest BCUT2D eigenvalue weighted by molar-refractivity contribution is 0.669. The minimum atomic E-state index is 0.561. The van der Waals surface area contributed by atoms with Crippen molar-refractivity contribution in [2.75, 3.05) is 0 Å². The third kappa shape index (κ3) is 4.90. The molecular weight excluding hydrogens is 661 g/mol. The molecule has 11 aromatic rings. The van der Waals surface area contributed by atoms with Gasteiger partial charge in [0.1, 0.15) is 11.2 Å². The Balaban J connectivity index is 1.10. The molecule has 5 heteroatoms. The summed E-state index contributed by atoms with van der Waals surface area (Å²) in [4.78, 5) is 15.3. The molecule has 0 radical (unpaired) electrons. The summed E-state index contributed by atoms with van der Waals surface area (Å²) in [5.41, 5.74) is 9.88. The molecule has 8 aromatic carbocycles. The Morgan fingerprint density at radius 1 is 0.370 bits per heavy atom. The van der Waals surface area contributed by atoms with Crippen LogP contribution in [0.5, 0.6) is 0 Å². The molecular formula is C49H30N4O. The fourth-order valence-corrected chi connectivity index (χ4v) is 7.85. The zero-order valence-electron chi connectivity index (χ0n) is 29.0. The van der Waals surface area contributed by atoms with E-state index in [1.54, 1.807) is 0 Å². The van der Waals surface area contributed by atoms with Crippen molar-refractivity contribution in [2.45, 2.75) is 0 Å². The number of hydrogen-bond donors (Lipinski definition) is 0. The van der Waals surface area contributed by atoms with Crippen LogP contribution in [0.4, 0.5) is 0 Å². The van der Waals surface area contributed by atoms with E-state index in [9.17, 15) is 0 Å². The number of rotatable bonds is 5. The maximum absolute atomic E-state index is 6.44. The largest absolute Gasteiger partial charge is 0.455 e. The van der Waals surface area contributed by atoms with Gasteiger partial charge in [-0.3, -0.25) is 0 Å². The molecule has 5 nitrogen and oxygen atoms in total. The van der Waals surface area contributed by atoms with E-state index in [-0.39, 0.29) is 0 Å². The first-order valence-electron chi connectivity index (χ1n) is 18.1. The SMILES string of the molecule is c1ccc(-c2nc(-c3cccc(-n4c5ccccc5c5ccc(-c6ccc7ccccc7c6)cc54)c3)nc(-c3cccc4c3oc3ccccc34)n2)cc1. The van der Waals surface area contributed by atoms with Crippen molar-refractivity contribution >= 4 is 54.5 Å². The quantitative estimate of drug-likeness (QED) is 0.180. The normalized spacial score (nSPS) is 11.7. The minimum absolute atomic E-state index is 0.561. The van der Waals surface area contributed by atoms with Gasteiger partial charge in [-0.05, 0) is 64.4 Å². The van der Waals surface area contributed by atoms with Crippen LogP contribution < -0.4 is 0 Å². The number of benzene rings is 8. The second-order valence-electron chi connectivity index (χ2n) is 13.6. The van der Waals surface area contributed by atoms with E-state index in [1.165, 1.54) is 32.7 Å². The van der Waals surface area contributed by atoms with E-state index in [0.717, 1.165) is 55.3 Å². The second-order valence-corrected chi connectivity index (χ2v) is 13.6. The molecule has 0 aliphatic rings. The highest BCUT2D eigenvalue weighted by atomic mass is 16.3. The van der Waals surface area contributed by atoms with Gasteiger partial charge in [0, 0.05) is 38.4 Å². The van der Waals surface area contributed by atoms with Crippen molar-refractivity contribution in [1.29, 1.82) is 0 Å². The molecule has 54 heavy (non-hydrogen) atoms. The number of aromatic nitrogens is 4. The van der Waals surface area contributed by atoms with Gasteiger partial charge >= 0.3 is 0 Å². The van der Waals surface area contributed by atoms with E-state index in [4.69, 9.17) is 19.4 Å². The van der Waals surface area contributed by atoms with Gasteiger partial charge in [0.25, 0.3) is 0 Å². The first kappa shape index (κ1) is 30.3. The fraction of sp³-hybridized carbons (Fsp3) is 0. The third-order valence-corrected chi connectivity index (χ3v) is 10.4. The van der Waals surface area contributed by atoms with Crippen molar-refractivity contribution in [2.24, 2.45) is 0 Å². The van der Waals surface area contributed by atoms with Gasteiger partial charge in [-0.15, -0.1) is 0 Å².